The third-order valence-electron chi connectivity index (χ3n) is 3.86. The molecule has 0 aromatic heterocycles. The molecule has 2 rings (SSSR count). The molecular formula is C18H24ClN3O3. The van der Waals surface area contributed by atoms with Crippen LogP contribution in [0.15, 0.2) is 24.3 Å². The van der Waals surface area contributed by atoms with E-state index in [1.165, 1.54) is 0 Å². The highest BCUT2D eigenvalue weighted by Crippen LogP contribution is 2.28. The molecule has 0 aliphatic heterocycles. The second kappa shape index (κ2) is 10.0. The van der Waals surface area contributed by atoms with E-state index >= 15 is 0 Å². The SMILES string of the molecule is O=C(CCCNC(=O)C1CC1)NCCCC(=O)Nc1ccc(Cl)cc1. The molecule has 1 fully saturated rings. The Morgan fingerprint density at radius 2 is 1.52 bits per heavy atom. The van der Waals surface area contributed by atoms with Crippen LogP contribution in [0.2, 0.25) is 5.02 Å². The minimum atomic E-state index is -0.0978. The van der Waals surface area contributed by atoms with E-state index in [4.69, 9.17) is 11.6 Å². The molecule has 6 nitrogen and oxygen atoms in total. The molecule has 0 atom stereocenters. The summed E-state index contributed by atoms with van der Waals surface area (Å²) in [5, 5.41) is 9.00. The average molecular weight is 366 g/mol. The van der Waals surface area contributed by atoms with Gasteiger partial charge in [0.25, 0.3) is 0 Å². The molecule has 1 aliphatic carbocycles. The topological polar surface area (TPSA) is 87.3 Å². The molecule has 1 saturated carbocycles. The Balaban J connectivity index is 1.47. The monoisotopic (exact) mass is 365 g/mol. The molecule has 1 aromatic carbocycles. The number of carbonyl (C=O) groups is 3. The second-order valence-corrected chi connectivity index (χ2v) is 6.61. The summed E-state index contributed by atoms with van der Waals surface area (Å²) in [5.41, 5.74) is 0.701. The summed E-state index contributed by atoms with van der Waals surface area (Å²) in [4.78, 5) is 34.9. The quantitative estimate of drug-likeness (QED) is 0.557. The molecule has 0 heterocycles. The number of rotatable bonds is 10. The van der Waals surface area contributed by atoms with Crippen LogP contribution in [0.1, 0.15) is 38.5 Å². The molecule has 136 valence electrons. The van der Waals surface area contributed by atoms with E-state index in [2.05, 4.69) is 16.0 Å². The van der Waals surface area contributed by atoms with Gasteiger partial charge in [-0.3, -0.25) is 14.4 Å². The zero-order valence-electron chi connectivity index (χ0n) is 14.1. The maximum Gasteiger partial charge on any atom is 0.224 e. The first kappa shape index (κ1) is 19.2. The summed E-state index contributed by atoms with van der Waals surface area (Å²) in [7, 11) is 0. The van der Waals surface area contributed by atoms with Gasteiger partial charge in [0.05, 0.1) is 0 Å². The Labute approximate surface area is 152 Å². The summed E-state index contributed by atoms with van der Waals surface area (Å²) < 4.78 is 0. The molecular weight excluding hydrogens is 342 g/mol. The highest BCUT2D eigenvalue weighted by molar-refractivity contribution is 6.30. The number of anilines is 1. The minimum absolute atomic E-state index is 0.0567. The Morgan fingerprint density at radius 3 is 2.16 bits per heavy atom. The fraction of sp³-hybridized carbons (Fsp3) is 0.500. The van der Waals surface area contributed by atoms with Crippen LogP contribution in [-0.4, -0.2) is 30.8 Å². The first-order chi connectivity index (χ1) is 12.0. The van der Waals surface area contributed by atoms with Crippen molar-refractivity contribution < 1.29 is 14.4 Å². The molecule has 3 amide bonds. The van der Waals surface area contributed by atoms with Gasteiger partial charge in [0.1, 0.15) is 0 Å². The third kappa shape index (κ3) is 8.03. The maximum atomic E-state index is 11.8. The zero-order valence-corrected chi connectivity index (χ0v) is 14.9. The fourth-order valence-electron chi connectivity index (χ4n) is 2.27. The van der Waals surface area contributed by atoms with Gasteiger partial charge >= 0.3 is 0 Å². The van der Waals surface area contributed by atoms with Crippen molar-refractivity contribution in [2.24, 2.45) is 5.92 Å². The second-order valence-electron chi connectivity index (χ2n) is 6.18. The van der Waals surface area contributed by atoms with Crippen molar-refractivity contribution >= 4 is 35.0 Å². The van der Waals surface area contributed by atoms with Crippen LogP contribution < -0.4 is 16.0 Å². The van der Waals surface area contributed by atoms with Gasteiger partial charge in [-0.2, -0.15) is 0 Å². The van der Waals surface area contributed by atoms with E-state index in [9.17, 15) is 14.4 Å². The van der Waals surface area contributed by atoms with Crippen LogP contribution in [0.5, 0.6) is 0 Å². The molecule has 1 aromatic rings. The predicted molar refractivity (Wildman–Crippen MR) is 97.3 cm³/mol. The zero-order chi connectivity index (χ0) is 18.1. The van der Waals surface area contributed by atoms with Crippen molar-refractivity contribution in [3.8, 4) is 0 Å². The number of nitrogens with one attached hydrogen (secondary N) is 3. The van der Waals surface area contributed by atoms with E-state index in [0.29, 0.717) is 49.5 Å². The molecule has 0 radical (unpaired) electrons. The molecule has 0 spiro atoms. The number of carbonyl (C=O) groups excluding carboxylic acids is 3. The molecule has 3 N–H and O–H groups in total. The van der Waals surface area contributed by atoms with Crippen molar-refractivity contribution in [1.29, 1.82) is 0 Å². The van der Waals surface area contributed by atoms with Gasteiger partial charge in [0.15, 0.2) is 0 Å². The van der Waals surface area contributed by atoms with E-state index in [1.807, 2.05) is 0 Å². The number of hydrogen-bond donors (Lipinski definition) is 3. The van der Waals surface area contributed by atoms with Gasteiger partial charge < -0.3 is 16.0 Å². The summed E-state index contributed by atoms with van der Waals surface area (Å²) >= 11 is 5.78. The van der Waals surface area contributed by atoms with E-state index in [1.54, 1.807) is 24.3 Å². The standard InChI is InChI=1S/C18H24ClN3O3/c19-14-7-9-15(10-8-14)22-17(24)4-2-11-20-16(23)3-1-12-21-18(25)13-5-6-13/h7-10,13H,1-6,11-12H2,(H,20,23)(H,21,25)(H,22,24). The van der Waals surface area contributed by atoms with Gasteiger partial charge in [-0.15, -0.1) is 0 Å². The number of benzene rings is 1. The van der Waals surface area contributed by atoms with E-state index in [0.717, 1.165) is 12.8 Å². The van der Waals surface area contributed by atoms with Crippen molar-refractivity contribution in [3.63, 3.8) is 0 Å². The first-order valence-corrected chi connectivity index (χ1v) is 9.02. The van der Waals surface area contributed by atoms with Crippen molar-refractivity contribution in [2.45, 2.75) is 38.5 Å². The van der Waals surface area contributed by atoms with Crippen LogP contribution in [0.4, 0.5) is 5.69 Å². The molecule has 0 saturated heterocycles. The van der Waals surface area contributed by atoms with Crippen LogP contribution in [0.3, 0.4) is 0 Å². The average Bonchev–Trinajstić information content (AvgIpc) is 3.42. The Morgan fingerprint density at radius 1 is 0.920 bits per heavy atom. The smallest absolute Gasteiger partial charge is 0.224 e. The van der Waals surface area contributed by atoms with Gasteiger partial charge in [0, 0.05) is 42.6 Å². The number of halogens is 1. The summed E-state index contributed by atoms with van der Waals surface area (Å²) in [6.07, 6.45) is 3.88. The highest BCUT2D eigenvalue weighted by atomic mass is 35.5. The minimum Gasteiger partial charge on any atom is -0.356 e. The van der Waals surface area contributed by atoms with E-state index < -0.39 is 0 Å². The largest absolute Gasteiger partial charge is 0.356 e. The summed E-state index contributed by atoms with van der Waals surface area (Å²) in [5.74, 6) is 0.151. The van der Waals surface area contributed by atoms with Gasteiger partial charge in [-0.1, -0.05) is 11.6 Å². The lowest BCUT2D eigenvalue weighted by Crippen LogP contribution is -2.29. The van der Waals surface area contributed by atoms with E-state index in [-0.39, 0.29) is 23.6 Å². The van der Waals surface area contributed by atoms with Crippen molar-refractivity contribution in [3.05, 3.63) is 29.3 Å². The first-order valence-electron chi connectivity index (χ1n) is 8.64. The van der Waals surface area contributed by atoms with Crippen LogP contribution in [0, 0.1) is 5.92 Å². The van der Waals surface area contributed by atoms with Crippen molar-refractivity contribution in [2.75, 3.05) is 18.4 Å². The lowest BCUT2D eigenvalue weighted by molar-refractivity contribution is -0.123. The highest BCUT2D eigenvalue weighted by Gasteiger charge is 2.28. The summed E-state index contributed by atoms with van der Waals surface area (Å²) in [6, 6.07) is 6.91. The van der Waals surface area contributed by atoms with Gasteiger partial charge in [-0.05, 0) is 49.9 Å². The normalized spacial score (nSPS) is 13.2. The molecule has 1 aliphatic rings. The lowest BCUT2D eigenvalue weighted by Gasteiger charge is -2.07. The fourth-order valence-corrected chi connectivity index (χ4v) is 2.40. The number of hydrogen-bond acceptors (Lipinski definition) is 3. The Bertz CT molecular complexity index is 600. The van der Waals surface area contributed by atoms with Crippen LogP contribution in [0.25, 0.3) is 0 Å². The molecule has 25 heavy (non-hydrogen) atoms. The Kier molecular flexibility index (Phi) is 7.73. The van der Waals surface area contributed by atoms with Crippen LogP contribution >= 0.6 is 11.6 Å². The lowest BCUT2D eigenvalue weighted by atomic mass is 10.2. The Hall–Kier alpha value is -2.08. The van der Waals surface area contributed by atoms with Crippen LogP contribution in [-0.2, 0) is 14.4 Å². The van der Waals surface area contributed by atoms with Crippen molar-refractivity contribution in [1.82, 2.24) is 10.6 Å². The third-order valence-corrected chi connectivity index (χ3v) is 4.11. The molecule has 0 bridgehead atoms. The van der Waals surface area contributed by atoms with Gasteiger partial charge in [0.2, 0.25) is 17.7 Å². The molecule has 0 unspecified atom stereocenters. The number of amides is 3. The predicted octanol–water partition coefficient (Wildman–Crippen LogP) is 2.48. The van der Waals surface area contributed by atoms with Gasteiger partial charge in [-0.25, -0.2) is 0 Å². The maximum absolute atomic E-state index is 11.8. The molecule has 7 heteroatoms. The summed E-state index contributed by atoms with van der Waals surface area (Å²) in [6.45, 7) is 0.994.